The summed E-state index contributed by atoms with van der Waals surface area (Å²) in [6.45, 7) is 8.57. The highest BCUT2D eigenvalue weighted by molar-refractivity contribution is 5.81. The Balaban J connectivity index is 2.57. The van der Waals surface area contributed by atoms with Gasteiger partial charge in [0, 0.05) is 32.2 Å². The van der Waals surface area contributed by atoms with Gasteiger partial charge in [-0.05, 0) is 20.3 Å². The monoisotopic (exact) mass is 243 g/mol. The van der Waals surface area contributed by atoms with Crippen LogP contribution in [0.15, 0.2) is 0 Å². The number of carbonyl (C=O) groups excluding carboxylic acids is 1. The van der Waals surface area contributed by atoms with E-state index in [0.29, 0.717) is 19.1 Å². The number of piperazine rings is 1. The molecule has 1 fully saturated rings. The first-order valence-corrected chi connectivity index (χ1v) is 6.42. The van der Waals surface area contributed by atoms with Crippen molar-refractivity contribution in [1.29, 1.82) is 0 Å². The van der Waals surface area contributed by atoms with Gasteiger partial charge in [-0.25, -0.2) is 0 Å². The number of aliphatic hydroxyl groups is 1. The van der Waals surface area contributed by atoms with Gasteiger partial charge in [-0.2, -0.15) is 0 Å². The molecule has 3 N–H and O–H groups in total. The van der Waals surface area contributed by atoms with Crippen LogP contribution in [0, 0.1) is 0 Å². The van der Waals surface area contributed by atoms with Gasteiger partial charge in [0.05, 0.1) is 12.1 Å². The molecule has 0 aromatic carbocycles. The van der Waals surface area contributed by atoms with Crippen LogP contribution in [0.4, 0.5) is 0 Å². The van der Waals surface area contributed by atoms with E-state index in [-0.39, 0.29) is 12.0 Å². The fourth-order valence-corrected chi connectivity index (χ4v) is 2.35. The molecule has 0 radical (unpaired) electrons. The third kappa shape index (κ3) is 3.94. The minimum Gasteiger partial charge on any atom is -0.392 e. The normalized spacial score (nSPS) is 25.7. The van der Waals surface area contributed by atoms with Crippen LogP contribution in [0.25, 0.3) is 0 Å². The van der Waals surface area contributed by atoms with Gasteiger partial charge >= 0.3 is 0 Å². The van der Waals surface area contributed by atoms with Crippen molar-refractivity contribution in [3.05, 3.63) is 0 Å². The van der Waals surface area contributed by atoms with Crippen LogP contribution in [0.3, 0.4) is 0 Å². The number of hydrogen-bond donors (Lipinski definition) is 2. The van der Waals surface area contributed by atoms with E-state index in [9.17, 15) is 9.90 Å². The Labute approximate surface area is 104 Å². The molecular formula is C12H25N3O2. The molecule has 5 heteroatoms. The van der Waals surface area contributed by atoms with E-state index >= 15 is 0 Å². The Kier molecular flexibility index (Phi) is 5.36. The molecule has 0 aromatic rings. The average Bonchev–Trinajstić information content (AvgIpc) is 2.27. The minimum atomic E-state index is -0.421. The summed E-state index contributed by atoms with van der Waals surface area (Å²) in [6.07, 6.45) is 0.662. The van der Waals surface area contributed by atoms with Gasteiger partial charge < -0.3 is 15.7 Å². The molecule has 1 heterocycles. The standard InChI is InChI=1S/C12H25N3O2/c1-4-11-8-15(12(17)10(3)13)6-5-14(11)7-9(2)16/h9-11,16H,4-8,13H2,1-3H3. The van der Waals surface area contributed by atoms with Gasteiger partial charge in [0.25, 0.3) is 0 Å². The first kappa shape index (κ1) is 14.4. The maximum atomic E-state index is 11.8. The highest BCUT2D eigenvalue weighted by Crippen LogP contribution is 2.14. The molecule has 100 valence electrons. The number of nitrogens with zero attached hydrogens (tertiary/aromatic N) is 2. The molecule has 3 unspecified atom stereocenters. The van der Waals surface area contributed by atoms with Gasteiger partial charge in [0.15, 0.2) is 0 Å². The minimum absolute atomic E-state index is 0.0279. The Bertz CT molecular complexity index is 256. The zero-order valence-electron chi connectivity index (χ0n) is 11.1. The Morgan fingerprint density at radius 3 is 2.59 bits per heavy atom. The highest BCUT2D eigenvalue weighted by Gasteiger charge is 2.29. The molecule has 1 aliphatic rings. The Morgan fingerprint density at radius 2 is 2.12 bits per heavy atom. The maximum absolute atomic E-state index is 11.8. The van der Waals surface area contributed by atoms with Crippen LogP contribution in [-0.2, 0) is 4.79 Å². The van der Waals surface area contributed by atoms with Crippen LogP contribution in [-0.4, -0.2) is 65.2 Å². The van der Waals surface area contributed by atoms with E-state index in [4.69, 9.17) is 5.73 Å². The summed E-state index contributed by atoms with van der Waals surface area (Å²) in [5, 5.41) is 9.44. The molecule has 1 amide bonds. The lowest BCUT2D eigenvalue weighted by Crippen LogP contribution is -2.58. The van der Waals surface area contributed by atoms with Crippen LogP contribution >= 0.6 is 0 Å². The predicted molar refractivity (Wildman–Crippen MR) is 67.6 cm³/mol. The quantitative estimate of drug-likeness (QED) is 0.707. The fourth-order valence-electron chi connectivity index (χ4n) is 2.35. The highest BCUT2D eigenvalue weighted by atomic mass is 16.3. The van der Waals surface area contributed by atoms with E-state index in [0.717, 1.165) is 19.5 Å². The van der Waals surface area contributed by atoms with Crippen molar-refractivity contribution >= 4 is 5.91 Å². The fraction of sp³-hybridized carbons (Fsp3) is 0.917. The lowest BCUT2D eigenvalue weighted by atomic mass is 10.1. The van der Waals surface area contributed by atoms with Gasteiger partial charge in [-0.3, -0.25) is 9.69 Å². The summed E-state index contributed by atoms with van der Waals surface area (Å²) in [6, 6.07) is -0.0862. The van der Waals surface area contributed by atoms with Crippen molar-refractivity contribution in [1.82, 2.24) is 9.80 Å². The molecular weight excluding hydrogens is 218 g/mol. The number of carbonyl (C=O) groups is 1. The molecule has 0 bridgehead atoms. The van der Waals surface area contributed by atoms with Gasteiger partial charge in [0.2, 0.25) is 5.91 Å². The number of hydrogen-bond acceptors (Lipinski definition) is 4. The largest absolute Gasteiger partial charge is 0.392 e. The summed E-state index contributed by atoms with van der Waals surface area (Å²) in [4.78, 5) is 15.9. The molecule has 5 nitrogen and oxygen atoms in total. The van der Waals surface area contributed by atoms with Crippen molar-refractivity contribution in [2.75, 3.05) is 26.2 Å². The summed E-state index contributed by atoms with van der Waals surface area (Å²) in [5.41, 5.74) is 5.62. The molecule has 0 aliphatic carbocycles. The molecule has 3 atom stereocenters. The van der Waals surface area contributed by atoms with E-state index in [1.54, 1.807) is 13.8 Å². The lowest BCUT2D eigenvalue weighted by Gasteiger charge is -2.42. The van der Waals surface area contributed by atoms with Crippen molar-refractivity contribution in [2.24, 2.45) is 5.73 Å². The molecule has 1 rings (SSSR count). The van der Waals surface area contributed by atoms with Crippen LogP contribution in [0.1, 0.15) is 27.2 Å². The lowest BCUT2D eigenvalue weighted by molar-refractivity contribution is -0.135. The number of amides is 1. The average molecular weight is 243 g/mol. The molecule has 0 saturated carbocycles. The third-order valence-electron chi connectivity index (χ3n) is 3.28. The molecule has 1 saturated heterocycles. The number of β-amino-alcohol motifs (C(OH)–C–C–N with tert-alkyl or cyclic N) is 1. The molecule has 1 aliphatic heterocycles. The number of rotatable bonds is 4. The van der Waals surface area contributed by atoms with Gasteiger partial charge in [-0.1, -0.05) is 6.92 Å². The second-order valence-electron chi connectivity index (χ2n) is 4.98. The topological polar surface area (TPSA) is 69.8 Å². The smallest absolute Gasteiger partial charge is 0.239 e. The molecule has 0 spiro atoms. The van der Waals surface area contributed by atoms with E-state index in [1.807, 2.05) is 4.90 Å². The zero-order valence-corrected chi connectivity index (χ0v) is 11.1. The van der Waals surface area contributed by atoms with Crippen molar-refractivity contribution < 1.29 is 9.90 Å². The van der Waals surface area contributed by atoms with Gasteiger partial charge in [0.1, 0.15) is 0 Å². The van der Waals surface area contributed by atoms with Crippen molar-refractivity contribution in [2.45, 2.75) is 45.4 Å². The van der Waals surface area contributed by atoms with Crippen molar-refractivity contribution in [3.63, 3.8) is 0 Å². The Morgan fingerprint density at radius 1 is 1.47 bits per heavy atom. The van der Waals surface area contributed by atoms with Crippen LogP contribution in [0.5, 0.6) is 0 Å². The predicted octanol–water partition coefficient (Wildman–Crippen LogP) is -0.363. The number of aliphatic hydroxyl groups excluding tert-OH is 1. The van der Waals surface area contributed by atoms with E-state index in [1.165, 1.54) is 0 Å². The van der Waals surface area contributed by atoms with Crippen molar-refractivity contribution in [3.8, 4) is 0 Å². The summed E-state index contributed by atoms with van der Waals surface area (Å²) < 4.78 is 0. The summed E-state index contributed by atoms with van der Waals surface area (Å²) >= 11 is 0. The van der Waals surface area contributed by atoms with Crippen LogP contribution in [0.2, 0.25) is 0 Å². The second-order valence-corrected chi connectivity index (χ2v) is 4.98. The zero-order chi connectivity index (χ0) is 13.0. The first-order chi connectivity index (χ1) is 7.95. The first-order valence-electron chi connectivity index (χ1n) is 6.42. The second kappa shape index (κ2) is 6.33. The maximum Gasteiger partial charge on any atom is 0.239 e. The van der Waals surface area contributed by atoms with E-state index < -0.39 is 6.04 Å². The number of nitrogens with two attached hydrogens (primary N) is 1. The van der Waals surface area contributed by atoms with Crippen LogP contribution < -0.4 is 5.73 Å². The van der Waals surface area contributed by atoms with E-state index in [2.05, 4.69) is 11.8 Å². The van der Waals surface area contributed by atoms with Gasteiger partial charge in [-0.15, -0.1) is 0 Å². The molecule has 17 heavy (non-hydrogen) atoms. The Hall–Kier alpha value is -0.650. The third-order valence-corrected chi connectivity index (χ3v) is 3.28. The molecule has 0 aromatic heterocycles. The summed E-state index contributed by atoms with van der Waals surface area (Å²) in [7, 11) is 0. The SMILES string of the molecule is CCC1CN(C(=O)C(C)N)CCN1CC(C)O. The summed E-state index contributed by atoms with van der Waals surface area (Å²) in [5.74, 6) is 0.0279.